The molecule has 0 amide bonds. The Morgan fingerprint density at radius 1 is 1.15 bits per heavy atom. The smallest absolute Gasteiger partial charge is 0.0663 e. The van der Waals surface area contributed by atoms with Crippen LogP contribution >= 0.6 is 35.1 Å². The largest absolute Gasteiger partial charge is 0.397 e. The van der Waals surface area contributed by atoms with Crippen molar-refractivity contribution in [3.05, 3.63) is 11.1 Å². The van der Waals surface area contributed by atoms with Gasteiger partial charge in [0.25, 0.3) is 0 Å². The lowest BCUT2D eigenvalue weighted by atomic mass is 10.3. The topological polar surface area (TPSA) is 52.0 Å². The second-order valence-corrected chi connectivity index (χ2v) is 4.49. The van der Waals surface area contributed by atoms with Gasteiger partial charge in [-0.2, -0.15) is 0 Å². The van der Waals surface area contributed by atoms with Gasteiger partial charge in [-0.05, 0) is 18.6 Å². The van der Waals surface area contributed by atoms with Crippen molar-refractivity contribution in [3.8, 4) is 0 Å². The van der Waals surface area contributed by atoms with Gasteiger partial charge in [-0.15, -0.1) is 23.5 Å². The molecule has 0 bridgehead atoms. The first-order chi connectivity index (χ1) is 6.11. The van der Waals surface area contributed by atoms with Crippen molar-refractivity contribution < 1.29 is 0 Å². The highest BCUT2D eigenvalue weighted by atomic mass is 35.5. The summed E-state index contributed by atoms with van der Waals surface area (Å²) in [4.78, 5) is 1.85. The summed E-state index contributed by atoms with van der Waals surface area (Å²) in [5, 5.41) is 0.572. The second kappa shape index (κ2) is 4.35. The van der Waals surface area contributed by atoms with Gasteiger partial charge in [-0.3, -0.25) is 0 Å². The lowest BCUT2D eigenvalue weighted by Gasteiger charge is -2.11. The molecule has 2 nitrogen and oxygen atoms in total. The Balaban J connectivity index is 3.39. The third-order valence-corrected chi connectivity index (χ3v) is 3.63. The first-order valence-electron chi connectivity index (χ1n) is 3.57. The van der Waals surface area contributed by atoms with E-state index in [1.165, 1.54) is 11.8 Å². The highest BCUT2D eigenvalue weighted by Gasteiger charge is 2.11. The molecule has 72 valence electrons. The Morgan fingerprint density at radius 3 is 2.23 bits per heavy atom. The van der Waals surface area contributed by atoms with E-state index in [9.17, 15) is 0 Å². The maximum absolute atomic E-state index is 5.94. The molecule has 0 fully saturated rings. The first kappa shape index (κ1) is 10.9. The second-order valence-electron chi connectivity index (χ2n) is 2.42. The molecule has 4 N–H and O–H groups in total. The molecule has 1 rings (SSSR count). The molecule has 0 aromatic heterocycles. The molecule has 0 saturated heterocycles. The minimum absolute atomic E-state index is 0.572. The van der Waals surface area contributed by atoms with Crippen LogP contribution in [0.4, 0.5) is 11.4 Å². The lowest BCUT2D eigenvalue weighted by Crippen LogP contribution is -1.97. The van der Waals surface area contributed by atoms with Gasteiger partial charge in [0.1, 0.15) is 0 Å². The Hall–Kier alpha value is -0.190. The van der Waals surface area contributed by atoms with Gasteiger partial charge in [0.15, 0.2) is 0 Å². The zero-order valence-corrected chi connectivity index (χ0v) is 9.82. The normalized spacial score (nSPS) is 10.4. The summed E-state index contributed by atoms with van der Waals surface area (Å²) < 4.78 is 0. The van der Waals surface area contributed by atoms with Gasteiger partial charge in [-0.1, -0.05) is 11.6 Å². The Kier molecular flexibility index (Phi) is 3.64. The van der Waals surface area contributed by atoms with Crippen LogP contribution in [-0.2, 0) is 0 Å². The minimum atomic E-state index is 0.572. The van der Waals surface area contributed by atoms with Crippen LogP contribution < -0.4 is 11.5 Å². The molecule has 0 aliphatic carbocycles. The number of hydrogen-bond donors (Lipinski definition) is 2. The molecule has 5 heteroatoms. The van der Waals surface area contributed by atoms with E-state index in [1.807, 2.05) is 12.5 Å². The number of nitrogen functional groups attached to an aromatic ring is 2. The molecule has 1 aromatic carbocycles. The summed E-state index contributed by atoms with van der Waals surface area (Å²) in [6, 6.07) is 1.80. The predicted octanol–water partition coefficient (Wildman–Crippen LogP) is 2.95. The molecule has 13 heavy (non-hydrogen) atoms. The fraction of sp³-hybridized carbons (Fsp3) is 0.250. The van der Waals surface area contributed by atoms with Crippen molar-refractivity contribution in [3.63, 3.8) is 0 Å². The zero-order valence-electron chi connectivity index (χ0n) is 7.43. The number of nitrogens with two attached hydrogens (primary N) is 2. The number of thioether (sulfide) groups is 2. The number of anilines is 2. The SMILES string of the molecule is CSc1cc(Cl)c(N)c(SC)c1N. The number of benzene rings is 1. The molecule has 0 radical (unpaired) electrons. The van der Waals surface area contributed by atoms with Gasteiger partial charge in [0.05, 0.1) is 21.3 Å². The van der Waals surface area contributed by atoms with E-state index in [1.54, 1.807) is 17.8 Å². The van der Waals surface area contributed by atoms with Crippen LogP contribution in [-0.4, -0.2) is 12.5 Å². The highest BCUT2D eigenvalue weighted by Crippen LogP contribution is 2.40. The average Bonchev–Trinajstić information content (AvgIpc) is 2.12. The third kappa shape index (κ3) is 2.00. The minimum Gasteiger partial charge on any atom is -0.397 e. The van der Waals surface area contributed by atoms with E-state index < -0.39 is 0 Å². The van der Waals surface area contributed by atoms with E-state index >= 15 is 0 Å². The molecule has 0 spiro atoms. The van der Waals surface area contributed by atoms with Gasteiger partial charge < -0.3 is 11.5 Å². The van der Waals surface area contributed by atoms with Crippen molar-refractivity contribution in [2.24, 2.45) is 0 Å². The van der Waals surface area contributed by atoms with E-state index in [2.05, 4.69) is 0 Å². The molecule has 0 saturated carbocycles. The fourth-order valence-corrected chi connectivity index (χ4v) is 2.63. The number of halogens is 1. The standard InChI is InChI=1S/C8H11ClN2S2/c1-12-5-3-4(9)6(10)8(13-2)7(5)11/h3H,10-11H2,1-2H3. The van der Waals surface area contributed by atoms with E-state index in [0.717, 1.165) is 15.5 Å². The molecule has 0 aliphatic heterocycles. The maximum atomic E-state index is 5.94. The molecule has 1 aromatic rings. The fourth-order valence-electron chi connectivity index (χ4n) is 1.02. The van der Waals surface area contributed by atoms with Crippen molar-refractivity contribution in [2.45, 2.75) is 9.79 Å². The highest BCUT2D eigenvalue weighted by molar-refractivity contribution is 7.99. The quantitative estimate of drug-likeness (QED) is 0.610. The van der Waals surface area contributed by atoms with E-state index in [-0.39, 0.29) is 0 Å². The van der Waals surface area contributed by atoms with Crippen LogP contribution in [0.3, 0.4) is 0 Å². The van der Waals surface area contributed by atoms with Crippen molar-refractivity contribution >= 4 is 46.5 Å². The maximum Gasteiger partial charge on any atom is 0.0663 e. The van der Waals surface area contributed by atoms with Gasteiger partial charge in [-0.25, -0.2) is 0 Å². The van der Waals surface area contributed by atoms with Crippen molar-refractivity contribution in [1.29, 1.82) is 0 Å². The van der Waals surface area contributed by atoms with Gasteiger partial charge in [0.2, 0.25) is 0 Å². The van der Waals surface area contributed by atoms with Crippen LogP contribution in [0.15, 0.2) is 15.9 Å². The summed E-state index contributed by atoms with van der Waals surface area (Å²) in [5.41, 5.74) is 13.0. The molecule has 0 aliphatic rings. The molecule has 0 heterocycles. The van der Waals surface area contributed by atoms with Gasteiger partial charge >= 0.3 is 0 Å². The average molecular weight is 235 g/mol. The summed E-state index contributed by atoms with van der Waals surface area (Å²) in [6.07, 6.45) is 3.89. The van der Waals surface area contributed by atoms with Crippen LogP contribution in [0.1, 0.15) is 0 Å². The summed E-state index contributed by atoms with van der Waals surface area (Å²) in [7, 11) is 0. The third-order valence-electron chi connectivity index (χ3n) is 1.69. The van der Waals surface area contributed by atoms with Crippen LogP contribution in [0.2, 0.25) is 5.02 Å². The molecule has 0 atom stereocenters. The number of hydrogen-bond acceptors (Lipinski definition) is 4. The summed E-state index contributed by atoms with van der Waals surface area (Å²) in [5.74, 6) is 0. The summed E-state index contributed by atoms with van der Waals surface area (Å²) in [6.45, 7) is 0. The predicted molar refractivity (Wildman–Crippen MR) is 63.8 cm³/mol. The molecular weight excluding hydrogens is 224 g/mol. The Morgan fingerprint density at radius 2 is 1.77 bits per heavy atom. The van der Waals surface area contributed by atoms with Crippen LogP contribution in [0.5, 0.6) is 0 Å². The Bertz CT molecular complexity index is 328. The zero-order chi connectivity index (χ0) is 10.0. The summed E-state index contributed by atoms with van der Waals surface area (Å²) >= 11 is 9.03. The monoisotopic (exact) mass is 234 g/mol. The van der Waals surface area contributed by atoms with Crippen LogP contribution in [0, 0.1) is 0 Å². The van der Waals surface area contributed by atoms with Gasteiger partial charge in [0, 0.05) is 4.90 Å². The van der Waals surface area contributed by atoms with Crippen LogP contribution in [0.25, 0.3) is 0 Å². The number of rotatable bonds is 2. The van der Waals surface area contributed by atoms with E-state index in [4.69, 9.17) is 23.1 Å². The first-order valence-corrected chi connectivity index (χ1v) is 6.40. The van der Waals surface area contributed by atoms with Crippen molar-refractivity contribution in [1.82, 2.24) is 0 Å². The van der Waals surface area contributed by atoms with Crippen molar-refractivity contribution in [2.75, 3.05) is 24.0 Å². The Labute approximate surface area is 91.4 Å². The molecule has 0 unspecified atom stereocenters. The lowest BCUT2D eigenvalue weighted by molar-refractivity contribution is 1.35. The molecular formula is C8H11ClN2S2. The van der Waals surface area contributed by atoms with E-state index in [0.29, 0.717) is 10.7 Å².